The molecule has 0 radical (unpaired) electrons. The Kier molecular flexibility index (Phi) is 2.44. The largest absolute Gasteiger partial charge is 0.459 e. The molecule has 1 saturated carbocycles. The average molecular weight is 257 g/mol. The zero-order chi connectivity index (χ0) is 14.0. The maximum atomic E-state index is 6.46. The van der Waals surface area contributed by atoms with Gasteiger partial charge < -0.3 is 10.2 Å². The lowest BCUT2D eigenvalue weighted by molar-refractivity contribution is 0.416. The van der Waals surface area contributed by atoms with Crippen molar-refractivity contribution in [2.24, 2.45) is 22.5 Å². The van der Waals surface area contributed by atoms with Crippen molar-refractivity contribution < 1.29 is 4.42 Å². The second kappa shape index (κ2) is 3.63. The molecule has 1 atom stereocenters. The van der Waals surface area contributed by atoms with Crippen LogP contribution in [0.15, 0.2) is 28.7 Å². The molecule has 2 heteroatoms. The Morgan fingerprint density at radius 2 is 1.74 bits per heavy atom. The molecule has 1 aliphatic carbocycles. The Bertz CT molecular complexity index is 622. The van der Waals surface area contributed by atoms with E-state index < -0.39 is 0 Å². The number of benzene rings is 1. The third kappa shape index (κ3) is 1.66. The normalized spacial score (nSPS) is 22.6. The minimum Gasteiger partial charge on any atom is -0.459 e. The quantitative estimate of drug-likeness (QED) is 0.864. The fraction of sp³-hybridized carbons (Fsp3) is 0.529. The maximum Gasteiger partial charge on any atom is 0.134 e. The number of furan rings is 1. The number of hydrogen-bond acceptors (Lipinski definition) is 2. The van der Waals surface area contributed by atoms with Gasteiger partial charge in [-0.05, 0) is 41.9 Å². The molecule has 0 amide bonds. The van der Waals surface area contributed by atoms with Gasteiger partial charge in [0.1, 0.15) is 11.3 Å². The molecule has 3 rings (SSSR count). The Morgan fingerprint density at radius 1 is 1.11 bits per heavy atom. The van der Waals surface area contributed by atoms with E-state index in [1.165, 1.54) is 5.56 Å². The molecule has 1 aliphatic rings. The highest BCUT2D eigenvalue weighted by Crippen LogP contribution is 2.71. The van der Waals surface area contributed by atoms with Crippen LogP contribution in [0.25, 0.3) is 11.0 Å². The minimum absolute atomic E-state index is 0.0160. The molecule has 2 aromatic rings. The van der Waals surface area contributed by atoms with Crippen molar-refractivity contribution in [3.8, 4) is 0 Å². The Morgan fingerprint density at radius 3 is 2.32 bits per heavy atom. The van der Waals surface area contributed by atoms with Gasteiger partial charge in [-0.2, -0.15) is 0 Å². The second-order valence-corrected chi connectivity index (χ2v) is 7.14. The smallest absolute Gasteiger partial charge is 0.134 e. The van der Waals surface area contributed by atoms with Gasteiger partial charge in [-0.15, -0.1) is 0 Å². The summed E-state index contributed by atoms with van der Waals surface area (Å²) in [6, 6.07) is 8.35. The van der Waals surface area contributed by atoms with Crippen LogP contribution >= 0.6 is 0 Å². The Labute approximate surface area is 115 Å². The van der Waals surface area contributed by atoms with Gasteiger partial charge in [-0.3, -0.25) is 0 Å². The van der Waals surface area contributed by atoms with Crippen LogP contribution in [0.4, 0.5) is 0 Å². The summed E-state index contributed by atoms with van der Waals surface area (Å²) in [4.78, 5) is 0. The summed E-state index contributed by atoms with van der Waals surface area (Å²) < 4.78 is 5.95. The molecule has 1 heterocycles. The van der Waals surface area contributed by atoms with E-state index in [-0.39, 0.29) is 16.9 Å². The predicted octanol–water partition coefficient (Wildman–Crippen LogP) is 4.42. The number of fused-ring (bicyclic) bond motifs is 1. The summed E-state index contributed by atoms with van der Waals surface area (Å²) in [5.41, 5.74) is 9.21. The molecule has 1 unspecified atom stereocenters. The van der Waals surface area contributed by atoms with Crippen molar-refractivity contribution in [2.45, 2.75) is 40.7 Å². The van der Waals surface area contributed by atoms with Crippen LogP contribution in [0.3, 0.4) is 0 Å². The summed E-state index contributed by atoms with van der Waals surface area (Å²) in [5, 5.41) is 1.15. The lowest BCUT2D eigenvalue weighted by Gasteiger charge is -2.10. The molecular weight excluding hydrogens is 234 g/mol. The average Bonchev–Trinajstić information content (AvgIpc) is 2.64. The molecule has 0 saturated heterocycles. The summed E-state index contributed by atoms with van der Waals surface area (Å²) in [6.07, 6.45) is 0. The molecule has 1 aromatic heterocycles. The topological polar surface area (TPSA) is 39.2 Å². The van der Waals surface area contributed by atoms with Crippen LogP contribution in [-0.4, -0.2) is 0 Å². The molecule has 19 heavy (non-hydrogen) atoms. The van der Waals surface area contributed by atoms with Crippen LogP contribution in [0.2, 0.25) is 0 Å². The van der Waals surface area contributed by atoms with Crippen LogP contribution in [0.5, 0.6) is 0 Å². The molecule has 0 bridgehead atoms. The van der Waals surface area contributed by atoms with Crippen molar-refractivity contribution in [1.29, 1.82) is 0 Å². The summed E-state index contributed by atoms with van der Waals surface area (Å²) in [6.45, 7) is 11.3. The van der Waals surface area contributed by atoms with E-state index in [9.17, 15) is 0 Å². The molecule has 0 aliphatic heterocycles. The van der Waals surface area contributed by atoms with Crippen LogP contribution in [-0.2, 0) is 0 Å². The number of aryl methyl sites for hydroxylation is 1. The fourth-order valence-corrected chi connectivity index (χ4v) is 3.66. The standard InChI is InChI=1S/C17H23NO/c1-10-6-7-12-11(8-10)9-13(19-12)14(18)15-16(2,3)17(15,4)5/h6-9,14-15H,18H2,1-5H3. The lowest BCUT2D eigenvalue weighted by atomic mass is 10.0. The molecule has 0 spiro atoms. The molecule has 1 fully saturated rings. The van der Waals surface area contributed by atoms with Gasteiger partial charge in [-0.1, -0.05) is 39.3 Å². The van der Waals surface area contributed by atoms with Crippen molar-refractivity contribution >= 4 is 11.0 Å². The SMILES string of the molecule is Cc1ccc2oc(C(N)C3C(C)(C)C3(C)C)cc2c1. The highest BCUT2D eigenvalue weighted by atomic mass is 16.3. The third-order valence-corrected chi connectivity index (χ3v) is 5.51. The summed E-state index contributed by atoms with van der Waals surface area (Å²) in [7, 11) is 0. The highest BCUT2D eigenvalue weighted by Gasteiger charge is 2.67. The van der Waals surface area contributed by atoms with Crippen LogP contribution in [0, 0.1) is 23.7 Å². The van der Waals surface area contributed by atoms with E-state index in [4.69, 9.17) is 10.2 Å². The third-order valence-electron chi connectivity index (χ3n) is 5.51. The zero-order valence-corrected chi connectivity index (χ0v) is 12.4. The van der Waals surface area contributed by atoms with E-state index in [1.54, 1.807) is 0 Å². The van der Waals surface area contributed by atoms with E-state index in [1.807, 2.05) is 6.07 Å². The van der Waals surface area contributed by atoms with E-state index in [2.05, 4.69) is 52.8 Å². The van der Waals surface area contributed by atoms with Crippen molar-refractivity contribution in [1.82, 2.24) is 0 Å². The van der Waals surface area contributed by atoms with Crippen molar-refractivity contribution in [3.63, 3.8) is 0 Å². The maximum absolute atomic E-state index is 6.46. The highest BCUT2D eigenvalue weighted by molar-refractivity contribution is 5.78. The van der Waals surface area contributed by atoms with E-state index in [0.29, 0.717) is 5.92 Å². The lowest BCUT2D eigenvalue weighted by Crippen LogP contribution is -2.15. The van der Waals surface area contributed by atoms with Gasteiger partial charge >= 0.3 is 0 Å². The van der Waals surface area contributed by atoms with Gasteiger partial charge in [0.25, 0.3) is 0 Å². The molecule has 2 nitrogen and oxygen atoms in total. The van der Waals surface area contributed by atoms with Crippen molar-refractivity contribution in [3.05, 3.63) is 35.6 Å². The molecule has 102 valence electrons. The van der Waals surface area contributed by atoms with Gasteiger partial charge in [0.05, 0.1) is 6.04 Å². The van der Waals surface area contributed by atoms with Crippen LogP contribution in [0.1, 0.15) is 45.1 Å². The molecule has 1 aromatic carbocycles. The Balaban J connectivity index is 1.97. The number of nitrogens with two attached hydrogens (primary N) is 1. The van der Waals surface area contributed by atoms with Gasteiger partial charge in [0, 0.05) is 5.39 Å². The van der Waals surface area contributed by atoms with E-state index in [0.717, 1.165) is 16.7 Å². The minimum atomic E-state index is -0.0160. The first-order chi connectivity index (χ1) is 8.75. The summed E-state index contributed by atoms with van der Waals surface area (Å²) in [5.74, 6) is 1.39. The first kappa shape index (κ1) is 12.7. The molecular formula is C17H23NO. The van der Waals surface area contributed by atoms with E-state index >= 15 is 0 Å². The fourth-order valence-electron chi connectivity index (χ4n) is 3.66. The molecule has 2 N–H and O–H groups in total. The van der Waals surface area contributed by atoms with Gasteiger partial charge in [-0.25, -0.2) is 0 Å². The monoisotopic (exact) mass is 257 g/mol. The van der Waals surface area contributed by atoms with Gasteiger partial charge in [0.15, 0.2) is 0 Å². The second-order valence-electron chi connectivity index (χ2n) is 7.14. The number of hydrogen-bond donors (Lipinski definition) is 1. The van der Waals surface area contributed by atoms with Crippen molar-refractivity contribution in [2.75, 3.05) is 0 Å². The Hall–Kier alpha value is -1.28. The predicted molar refractivity (Wildman–Crippen MR) is 78.9 cm³/mol. The summed E-state index contributed by atoms with van der Waals surface area (Å²) >= 11 is 0. The van der Waals surface area contributed by atoms with Gasteiger partial charge in [0.2, 0.25) is 0 Å². The number of rotatable bonds is 2. The first-order valence-corrected chi connectivity index (χ1v) is 7.01. The van der Waals surface area contributed by atoms with Crippen LogP contribution < -0.4 is 5.73 Å². The zero-order valence-electron chi connectivity index (χ0n) is 12.4. The first-order valence-electron chi connectivity index (χ1n) is 7.01.